The second-order valence-electron chi connectivity index (χ2n) is 4.78. The summed E-state index contributed by atoms with van der Waals surface area (Å²) in [5.74, 6) is -0.0242. The van der Waals surface area contributed by atoms with Crippen molar-refractivity contribution < 1.29 is 4.92 Å². The van der Waals surface area contributed by atoms with E-state index in [0.29, 0.717) is 17.3 Å². The molecule has 6 nitrogen and oxygen atoms in total. The molecule has 0 aliphatic heterocycles. The predicted molar refractivity (Wildman–Crippen MR) is 77.9 cm³/mol. The van der Waals surface area contributed by atoms with Crippen LogP contribution in [0.3, 0.4) is 0 Å². The normalized spacial score (nSPS) is 11.0. The van der Waals surface area contributed by atoms with Gasteiger partial charge in [-0.3, -0.25) is 10.1 Å². The number of anilines is 1. The molecule has 2 rings (SSSR count). The van der Waals surface area contributed by atoms with Crippen LogP contribution in [0.15, 0.2) is 24.3 Å². The quantitative estimate of drug-likeness (QED) is 0.693. The standard InChI is InChI=1S/C13H15ClN4O2/c1-8(2)11-12(18(19)20)13(15)17(16-11)7-9-5-3-4-6-10(9)14/h3-6,8H,7,15H2,1-2H3. The number of nitro groups is 1. The Bertz CT molecular complexity index is 652. The Hall–Kier alpha value is -2.08. The SMILES string of the molecule is CC(C)c1nn(Cc2ccccc2Cl)c(N)c1[N+](=O)[O-]. The van der Waals surface area contributed by atoms with E-state index in [1.165, 1.54) is 4.68 Å². The van der Waals surface area contributed by atoms with Gasteiger partial charge in [-0.25, -0.2) is 4.68 Å². The average molecular weight is 295 g/mol. The van der Waals surface area contributed by atoms with Gasteiger partial charge in [-0.05, 0) is 11.6 Å². The van der Waals surface area contributed by atoms with E-state index in [0.717, 1.165) is 5.56 Å². The third kappa shape index (κ3) is 2.60. The molecule has 0 fully saturated rings. The lowest BCUT2D eigenvalue weighted by atomic mass is 10.1. The third-order valence-corrected chi connectivity index (χ3v) is 3.37. The summed E-state index contributed by atoms with van der Waals surface area (Å²) in [6, 6.07) is 7.26. The minimum absolute atomic E-state index is 0.0543. The summed E-state index contributed by atoms with van der Waals surface area (Å²) < 4.78 is 1.43. The second-order valence-corrected chi connectivity index (χ2v) is 5.19. The smallest absolute Gasteiger partial charge is 0.334 e. The van der Waals surface area contributed by atoms with E-state index in [1.54, 1.807) is 6.07 Å². The molecule has 1 aromatic heterocycles. The van der Waals surface area contributed by atoms with Crippen LogP contribution < -0.4 is 5.73 Å². The molecule has 0 saturated carbocycles. The second kappa shape index (κ2) is 5.50. The van der Waals surface area contributed by atoms with Crippen LogP contribution in [-0.4, -0.2) is 14.7 Å². The summed E-state index contributed by atoms with van der Waals surface area (Å²) in [5.41, 5.74) is 6.94. The maximum absolute atomic E-state index is 11.1. The van der Waals surface area contributed by atoms with Gasteiger partial charge < -0.3 is 5.73 Å². The van der Waals surface area contributed by atoms with E-state index in [9.17, 15) is 10.1 Å². The molecule has 0 saturated heterocycles. The molecular formula is C13H15ClN4O2. The van der Waals surface area contributed by atoms with Crippen LogP contribution in [0.25, 0.3) is 0 Å². The molecular weight excluding hydrogens is 280 g/mol. The van der Waals surface area contributed by atoms with E-state index in [2.05, 4.69) is 5.10 Å². The summed E-state index contributed by atoms with van der Waals surface area (Å²) in [7, 11) is 0. The Kier molecular flexibility index (Phi) is 3.94. The summed E-state index contributed by atoms with van der Waals surface area (Å²) >= 11 is 6.08. The van der Waals surface area contributed by atoms with Crippen molar-refractivity contribution in [2.24, 2.45) is 0 Å². The van der Waals surface area contributed by atoms with E-state index >= 15 is 0 Å². The van der Waals surface area contributed by atoms with E-state index in [1.807, 2.05) is 32.0 Å². The van der Waals surface area contributed by atoms with Crippen molar-refractivity contribution in [2.75, 3.05) is 5.73 Å². The van der Waals surface area contributed by atoms with Crippen molar-refractivity contribution >= 4 is 23.1 Å². The zero-order chi connectivity index (χ0) is 14.9. The Balaban J connectivity index is 2.46. The molecule has 0 aliphatic carbocycles. The molecule has 1 heterocycles. The fourth-order valence-corrected chi connectivity index (χ4v) is 2.16. The lowest BCUT2D eigenvalue weighted by Crippen LogP contribution is -2.07. The molecule has 0 atom stereocenters. The van der Waals surface area contributed by atoms with Crippen LogP contribution in [0.2, 0.25) is 5.02 Å². The first kappa shape index (κ1) is 14.3. The molecule has 7 heteroatoms. The van der Waals surface area contributed by atoms with Crippen LogP contribution in [0.1, 0.15) is 31.0 Å². The Morgan fingerprint density at radius 2 is 2.10 bits per heavy atom. The maximum Gasteiger partial charge on any atom is 0.334 e. The van der Waals surface area contributed by atoms with Crippen LogP contribution >= 0.6 is 11.6 Å². The summed E-state index contributed by atoms with van der Waals surface area (Å²) in [6.45, 7) is 3.99. The Labute approximate surface area is 121 Å². The molecule has 0 radical (unpaired) electrons. The van der Waals surface area contributed by atoms with E-state index in [-0.39, 0.29) is 17.4 Å². The molecule has 0 bridgehead atoms. The minimum atomic E-state index is -0.485. The highest BCUT2D eigenvalue weighted by Gasteiger charge is 2.27. The molecule has 0 amide bonds. The minimum Gasteiger partial charge on any atom is -0.378 e. The number of rotatable bonds is 4. The lowest BCUT2D eigenvalue weighted by molar-refractivity contribution is -0.384. The molecule has 20 heavy (non-hydrogen) atoms. The molecule has 0 unspecified atom stereocenters. The first-order valence-electron chi connectivity index (χ1n) is 6.15. The van der Waals surface area contributed by atoms with Gasteiger partial charge in [0.2, 0.25) is 5.82 Å². The van der Waals surface area contributed by atoms with Crippen molar-refractivity contribution in [1.82, 2.24) is 9.78 Å². The number of aromatic nitrogens is 2. The van der Waals surface area contributed by atoms with Gasteiger partial charge in [-0.15, -0.1) is 0 Å². The zero-order valence-electron chi connectivity index (χ0n) is 11.2. The van der Waals surface area contributed by atoms with Gasteiger partial charge in [0, 0.05) is 10.9 Å². The zero-order valence-corrected chi connectivity index (χ0v) is 12.0. The number of hydrogen-bond acceptors (Lipinski definition) is 4. The Morgan fingerprint density at radius 3 is 2.60 bits per heavy atom. The maximum atomic E-state index is 11.1. The monoisotopic (exact) mass is 294 g/mol. The largest absolute Gasteiger partial charge is 0.378 e. The number of halogens is 1. The third-order valence-electron chi connectivity index (χ3n) is 3.00. The summed E-state index contributed by atoms with van der Waals surface area (Å²) in [4.78, 5) is 10.6. The fraction of sp³-hybridized carbons (Fsp3) is 0.308. The number of nitrogens with two attached hydrogens (primary N) is 1. The average Bonchev–Trinajstić information content (AvgIpc) is 2.70. The van der Waals surface area contributed by atoms with Crippen LogP contribution in [0.4, 0.5) is 11.5 Å². The number of nitrogen functional groups attached to an aromatic ring is 1. The van der Waals surface area contributed by atoms with Crippen LogP contribution in [-0.2, 0) is 6.54 Å². The topological polar surface area (TPSA) is 87.0 Å². The van der Waals surface area contributed by atoms with Gasteiger partial charge in [0.1, 0.15) is 5.69 Å². The molecule has 2 N–H and O–H groups in total. The fourth-order valence-electron chi connectivity index (χ4n) is 1.97. The molecule has 0 aliphatic rings. The molecule has 106 valence electrons. The van der Waals surface area contributed by atoms with Gasteiger partial charge in [-0.2, -0.15) is 5.10 Å². The lowest BCUT2D eigenvalue weighted by Gasteiger charge is -2.05. The van der Waals surface area contributed by atoms with Crippen LogP contribution in [0.5, 0.6) is 0 Å². The van der Waals surface area contributed by atoms with Gasteiger partial charge >= 0.3 is 5.69 Å². The number of nitrogens with zero attached hydrogens (tertiary/aromatic N) is 3. The first-order chi connectivity index (χ1) is 9.41. The highest BCUT2D eigenvalue weighted by molar-refractivity contribution is 6.31. The van der Waals surface area contributed by atoms with Gasteiger partial charge in [0.15, 0.2) is 0 Å². The summed E-state index contributed by atoms with van der Waals surface area (Å²) in [6.07, 6.45) is 0. The summed E-state index contributed by atoms with van der Waals surface area (Å²) in [5, 5.41) is 16.0. The molecule has 0 spiro atoms. The van der Waals surface area contributed by atoms with Gasteiger partial charge in [0.05, 0.1) is 11.5 Å². The van der Waals surface area contributed by atoms with E-state index < -0.39 is 4.92 Å². The van der Waals surface area contributed by atoms with Crippen molar-refractivity contribution in [2.45, 2.75) is 26.3 Å². The molecule has 1 aromatic carbocycles. The van der Waals surface area contributed by atoms with Crippen LogP contribution in [0, 0.1) is 10.1 Å². The molecule has 2 aromatic rings. The Morgan fingerprint density at radius 1 is 1.45 bits per heavy atom. The van der Waals surface area contributed by atoms with Gasteiger partial charge in [0.25, 0.3) is 0 Å². The number of hydrogen-bond donors (Lipinski definition) is 1. The van der Waals surface area contributed by atoms with Gasteiger partial charge in [-0.1, -0.05) is 43.6 Å². The highest BCUT2D eigenvalue weighted by Crippen LogP contribution is 2.32. The first-order valence-corrected chi connectivity index (χ1v) is 6.53. The predicted octanol–water partition coefficient (Wildman–Crippen LogP) is 3.20. The van der Waals surface area contributed by atoms with Crippen molar-refractivity contribution in [3.05, 3.63) is 50.7 Å². The number of benzene rings is 1. The van der Waals surface area contributed by atoms with Crippen molar-refractivity contribution in [3.63, 3.8) is 0 Å². The van der Waals surface area contributed by atoms with Crippen molar-refractivity contribution in [3.8, 4) is 0 Å². The van der Waals surface area contributed by atoms with E-state index in [4.69, 9.17) is 17.3 Å². The highest BCUT2D eigenvalue weighted by atomic mass is 35.5. The van der Waals surface area contributed by atoms with Crippen molar-refractivity contribution in [1.29, 1.82) is 0 Å².